The molecule has 1 saturated heterocycles. The van der Waals surface area contributed by atoms with Crippen LogP contribution in [0.3, 0.4) is 0 Å². The summed E-state index contributed by atoms with van der Waals surface area (Å²) in [5, 5.41) is 20.8. The van der Waals surface area contributed by atoms with E-state index < -0.39 is 16.0 Å². The Kier molecular flexibility index (Phi) is 6.63. The van der Waals surface area contributed by atoms with E-state index in [-0.39, 0.29) is 22.1 Å². The molecular weight excluding hydrogens is 346 g/mol. The molecule has 8 nitrogen and oxygen atoms in total. The first-order chi connectivity index (χ1) is 11.8. The molecule has 5 N–H and O–H groups in total. The summed E-state index contributed by atoms with van der Waals surface area (Å²) in [5.74, 6) is -0.860. The average molecular weight is 371 g/mol. The SMILES string of the molecule is CCCCNc1cc(C(=O)O)cc(S(N)(=O)=O)c1OCC1CCNC1. The lowest BCUT2D eigenvalue weighted by atomic mass is 10.1. The molecule has 25 heavy (non-hydrogen) atoms. The van der Waals surface area contributed by atoms with Crippen molar-refractivity contribution in [3.8, 4) is 5.75 Å². The van der Waals surface area contributed by atoms with Crippen LogP contribution in [0.2, 0.25) is 0 Å². The van der Waals surface area contributed by atoms with Gasteiger partial charge in [-0.15, -0.1) is 0 Å². The van der Waals surface area contributed by atoms with Crippen molar-refractivity contribution in [3.63, 3.8) is 0 Å². The average Bonchev–Trinajstić information content (AvgIpc) is 3.05. The number of carboxylic acids is 1. The predicted molar refractivity (Wildman–Crippen MR) is 94.6 cm³/mol. The number of primary sulfonamides is 1. The molecular formula is C16H25N3O5S. The molecule has 0 aliphatic carbocycles. The molecule has 1 fully saturated rings. The highest BCUT2D eigenvalue weighted by Crippen LogP contribution is 2.34. The third-order valence-electron chi connectivity index (χ3n) is 4.08. The van der Waals surface area contributed by atoms with Crippen LogP contribution < -0.4 is 20.5 Å². The van der Waals surface area contributed by atoms with E-state index in [2.05, 4.69) is 10.6 Å². The van der Waals surface area contributed by atoms with Gasteiger partial charge in [0.2, 0.25) is 10.0 Å². The van der Waals surface area contributed by atoms with Gasteiger partial charge >= 0.3 is 5.97 Å². The van der Waals surface area contributed by atoms with Gasteiger partial charge in [0.05, 0.1) is 17.9 Å². The molecule has 0 saturated carbocycles. The lowest BCUT2D eigenvalue weighted by Crippen LogP contribution is -2.20. The fourth-order valence-corrected chi connectivity index (χ4v) is 3.39. The van der Waals surface area contributed by atoms with Crippen LogP contribution in [0, 0.1) is 5.92 Å². The maximum Gasteiger partial charge on any atom is 0.335 e. The quantitative estimate of drug-likeness (QED) is 0.480. The summed E-state index contributed by atoms with van der Waals surface area (Å²) in [7, 11) is -4.13. The Morgan fingerprint density at radius 1 is 1.48 bits per heavy atom. The third-order valence-corrected chi connectivity index (χ3v) is 5.00. The molecule has 140 valence electrons. The second-order valence-electron chi connectivity index (χ2n) is 6.15. The second-order valence-corrected chi connectivity index (χ2v) is 7.68. The summed E-state index contributed by atoms with van der Waals surface area (Å²) in [6.07, 6.45) is 2.74. The van der Waals surface area contributed by atoms with Crippen LogP contribution in [0.25, 0.3) is 0 Å². The molecule has 1 aromatic carbocycles. The minimum absolute atomic E-state index is 0.0931. The maximum atomic E-state index is 12.0. The largest absolute Gasteiger partial charge is 0.490 e. The Bertz CT molecular complexity index is 715. The summed E-state index contributed by atoms with van der Waals surface area (Å²) in [4.78, 5) is 11.0. The number of ether oxygens (including phenoxy) is 1. The van der Waals surface area contributed by atoms with Gasteiger partial charge < -0.3 is 20.5 Å². The van der Waals surface area contributed by atoms with E-state index in [0.29, 0.717) is 18.8 Å². The van der Waals surface area contributed by atoms with Crippen LogP contribution in [0.4, 0.5) is 5.69 Å². The molecule has 0 amide bonds. The lowest BCUT2D eigenvalue weighted by molar-refractivity contribution is 0.0696. The predicted octanol–water partition coefficient (Wildman–Crippen LogP) is 1.23. The Balaban J connectivity index is 2.39. The number of aromatic carboxylic acids is 1. The van der Waals surface area contributed by atoms with Crippen LogP contribution in [0.5, 0.6) is 5.75 Å². The summed E-state index contributed by atoms with van der Waals surface area (Å²) in [5.41, 5.74) is 0.182. The molecule has 1 unspecified atom stereocenters. The van der Waals surface area contributed by atoms with E-state index in [9.17, 15) is 18.3 Å². The van der Waals surface area contributed by atoms with E-state index in [1.807, 2.05) is 6.92 Å². The monoisotopic (exact) mass is 371 g/mol. The van der Waals surface area contributed by atoms with Crippen LogP contribution in [-0.4, -0.2) is 45.7 Å². The van der Waals surface area contributed by atoms with Gasteiger partial charge in [0.25, 0.3) is 0 Å². The Hall–Kier alpha value is -1.84. The van der Waals surface area contributed by atoms with Gasteiger partial charge in [0, 0.05) is 19.0 Å². The first-order valence-corrected chi connectivity index (χ1v) is 9.89. The van der Waals surface area contributed by atoms with E-state index >= 15 is 0 Å². The van der Waals surface area contributed by atoms with E-state index in [0.717, 1.165) is 38.4 Å². The zero-order valence-electron chi connectivity index (χ0n) is 14.2. The first kappa shape index (κ1) is 19.5. The summed E-state index contributed by atoms with van der Waals surface area (Å²) in [6, 6.07) is 2.43. The summed E-state index contributed by atoms with van der Waals surface area (Å²) < 4.78 is 29.7. The van der Waals surface area contributed by atoms with Crippen LogP contribution >= 0.6 is 0 Å². The van der Waals surface area contributed by atoms with Gasteiger partial charge in [-0.1, -0.05) is 13.3 Å². The lowest BCUT2D eigenvalue weighted by Gasteiger charge is -2.19. The number of hydrogen-bond donors (Lipinski definition) is 4. The molecule has 1 atom stereocenters. The van der Waals surface area contributed by atoms with E-state index in [1.165, 1.54) is 6.07 Å². The van der Waals surface area contributed by atoms with Crippen molar-refractivity contribution in [2.24, 2.45) is 11.1 Å². The van der Waals surface area contributed by atoms with Gasteiger partial charge in [-0.25, -0.2) is 18.4 Å². The van der Waals surface area contributed by atoms with Crippen LogP contribution in [0.1, 0.15) is 36.5 Å². The number of carboxylic acid groups (broad SMARTS) is 1. The fourth-order valence-electron chi connectivity index (χ4n) is 2.67. The van der Waals surface area contributed by atoms with Crippen molar-refractivity contribution in [2.75, 3.05) is 31.6 Å². The molecule has 0 spiro atoms. The topological polar surface area (TPSA) is 131 Å². The number of benzene rings is 1. The normalized spacial score (nSPS) is 17.4. The summed E-state index contributed by atoms with van der Waals surface area (Å²) in [6.45, 7) is 4.64. The number of anilines is 1. The smallest absolute Gasteiger partial charge is 0.335 e. The van der Waals surface area contributed by atoms with Gasteiger partial charge in [-0.3, -0.25) is 0 Å². The molecule has 0 bridgehead atoms. The van der Waals surface area contributed by atoms with Crippen molar-refractivity contribution < 1.29 is 23.1 Å². The highest BCUT2D eigenvalue weighted by Gasteiger charge is 2.24. The van der Waals surface area contributed by atoms with Gasteiger partial charge in [-0.2, -0.15) is 0 Å². The Morgan fingerprint density at radius 2 is 2.24 bits per heavy atom. The minimum Gasteiger partial charge on any atom is -0.490 e. The molecule has 1 aromatic rings. The highest BCUT2D eigenvalue weighted by atomic mass is 32.2. The van der Waals surface area contributed by atoms with E-state index in [1.54, 1.807) is 0 Å². The zero-order valence-corrected chi connectivity index (χ0v) is 15.1. The van der Waals surface area contributed by atoms with Crippen LogP contribution in [-0.2, 0) is 10.0 Å². The van der Waals surface area contributed by atoms with Crippen LogP contribution in [0.15, 0.2) is 17.0 Å². The Labute approximate surface area is 147 Å². The van der Waals surface area contributed by atoms with Crippen molar-refractivity contribution in [2.45, 2.75) is 31.1 Å². The number of unbranched alkanes of at least 4 members (excludes halogenated alkanes) is 1. The number of nitrogens with two attached hydrogens (primary N) is 1. The van der Waals surface area contributed by atoms with Crippen molar-refractivity contribution in [1.82, 2.24) is 5.32 Å². The fraction of sp³-hybridized carbons (Fsp3) is 0.562. The van der Waals surface area contributed by atoms with Gasteiger partial charge in [0.15, 0.2) is 5.75 Å². The maximum absolute atomic E-state index is 12.0. The number of carbonyl (C=O) groups is 1. The van der Waals surface area contributed by atoms with Gasteiger partial charge in [0.1, 0.15) is 4.90 Å². The minimum atomic E-state index is -4.13. The first-order valence-electron chi connectivity index (χ1n) is 8.34. The highest BCUT2D eigenvalue weighted by molar-refractivity contribution is 7.89. The standard InChI is InChI=1S/C16H25N3O5S/c1-2-3-5-19-13-7-12(16(20)21)8-14(25(17,22)23)15(13)24-10-11-4-6-18-9-11/h7-8,11,18-19H,2-6,9-10H2,1H3,(H,20,21)(H2,17,22,23). The van der Waals surface area contributed by atoms with Crippen molar-refractivity contribution >= 4 is 21.7 Å². The summed E-state index contributed by atoms with van der Waals surface area (Å²) >= 11 is 0. The number of nitrogens with one attached hydrogen (secondary N) is 2. The molecule has 1 aliphatic rings. The molecule has 2 rings (SSSR count). The van der Waals surface area contributed by atoms with Crippen molar-refractivity contribution in [3.05, 3.63) is 17.7 Å². The van der Waals surface area contributed by atoms with Crippen molar-refractivity contribution in [1.29, 1.82) is 0 Å². The van der Waals surface area contributed by atoms with E-state index in [4.69, 9.17) is 9.88 Å². The molecule has 1 heterocycles. The molecule has 9 heteroatoms. The third kappa shape index (κ3) is 5.32. The zero-order chi connectivity index (χ0) is 18.4. The number of sulfonamides is 1. The second kappa shape index (κ2) is 8.50. The molecule has 1 aliphatic heterocycles. The number of rotatable bonds is 9. The number of hydrogen-bond acceptors (Lipinski definition) is 6. The van der Waals surface area contributed by atoms with Gasteiger partial charge in [-0.05, 0) is 31.5 Å². The molecule has 0 aromatic heterocycles. The Morgan fingerprint density at radius 3 is 2.80 bits per heavy atom. The molecule has 0 radical (unpaired) electrons.